The van der Waals surface area contributed by atoms with E-state index >= 15 is 0 Å². The van der Waals surface area contributed by atoms with Crippen LogP contribution in [0.4, 0.5) is 0 Å². The van der Waals surface area contributed by atoms with E-state index in [1.165, 1.54) is 0 Å². The Hall–Kier alpha value is -2.38. The van der Waals surface area contributed by atoms with Crippen LogP contribution in [-0.2, 0) is 16.6 Å². The second-order valence-corrected chi connectivity index (χ2v) is 7.27. The largest absolute Gasteiger partial charge is 0.480 e. The lowest BCUT2D eigenvalue weighted by molar-refractivity contribution is -0.138. The molecule has 7 heteroatoms. The Morgan fingerprint density at radius 1 is 1.19 bits per heavy atom. The molecule has 2 aromatic rings. The Kier molecular flexibility index (Phi) is 4.42. The van der Waals surface area contributed by atoms with Crippen molar-refractivity contribution in [3.05, 3.63) is 36.0 Å². The number of nitrogens with zero attached hydrogens (tertiary/aromatic N) is 3. The molecule has 2 fully saturated rings. The number of hydrogen-bond donors (Lipinski definition) is 1. The van der Waals surface area contributed by atoms with Crippen LogP contribution < -0.4 is 0 Å². The van der Waals surface area contributed by atoms with Crippen molar-refractivity contribution in [1.82, 2.24) is 14.4 Å². The Morgan fingerprint density at radius 2 is 2.04 bits per heavy atom. The van der Waals surface area contributed by atoms with E-state index in [0.29, 0.717) is 38.4 Å². The molecule has 2 aliphatic heterocycles. The van der Waals surface area contributed by atoms with Crippen LogP contribution >= 0.6 is 0 Å². The number of rotatable bonds is 3. The maximum atomic E-state index is 13.4. The zero-order valence-corrected chi connectivity index (χ0v) is 14.8. The summed E-state index contributed by atoms with van der Waals surface area (Å²) in [6.07, 6.45) is 1.96. The molecule has 7 nitrogen and oxygen atoms in total. The number of ether oxygens (including phenoxy) is 1. The van der Waals surface area contributed by atoms with E-state index in [1.807, 2.05) is 51.9 Å². The number of hydrogen-bond acceptors (Lipinski definition) is 4. The third-order valence-corrected chi connectivity index (χ3v) is 5.32. The number of aryl methyl sites for hydroxylation is 1. The maximum Gasteiger partial charge on any atom is 0.317 e. The molecule has 1 N–H and O–H groups in total. The predicted molar refractivity (Wildman–Crippen MR) is 96.1 cm³/mol. The molecule has 1 amide bonds. The molecule has 2 aliphatic rings. The minimum Gasteiger partial charge on any atom is -0.480 e. The third-order valence-electron chi connectivity index (χ3n) is 5.32. The van der Waals surface area contributed by atoms with Gasteiger partial charge in [0.25, 0.3) is 5.91 Å². The molecule has 2 atom stereocenters. The van der Waals surface area contributed by atoms with Gasteiger partial charge < -0.3 is 19.3 Å². The Balaban J connectivity index is 1.65. The summed E-state index contributed by atoms with van der Waals surface area (Å²) in [6, 6.07) is 7.63. The molecule has 1 aromatic heterocycles. The van der Waals surface area contributed by atoms with Gasteiger partial charge >= 0.3 is 5.97 Å². The van der Waals surface area contributed by atoms with Gasteiger partial charge in [0.05, 0.1) is 25.8 Å². The average molecular weight is 357 g/mol. The SMILES string of the molecule is Cn1ccc2c(C(=O)N3C[C@H]4COC[C@@H]3CN(CC(=O)O)C4)cccc21. The van der Waals surface area contributed by atoms with Crippen LogP contribution in [0.2, 0.25) is 0 Å². The van der Waals surface area contributed by atoms with Gasteiger partial charge in [-0.15, -0.1) is 0 Å². The molecule has 2 saturated heterocycles. The van der Waals surface area contributed by atoms with E-state index < -0.39 is 5.97 Å². The van der Waals surface area contributed by atoms with Crippen LogP contribution in [0.15, 0.2) is 30.5 Å². The Bertz CT molecular complexity index is 846. The fraction of sp³-hybridized carbons (Fsp3) is 0.474. The van der Waals surface area contributed by atoms with Crippen LogP contribution in [-0.4, -0.2) is 76.8 Å². The molecular formula is C19H23N3O4. The minimum atomic E-state index is -0.835. The summed E-state index contributed by atoms with van der Waals surface area (Å²) in [5.41, 5.74) is 1.72. The Morgan fingerprint density at radius 3 is 2.85 bits per heavy atom. The van der Waals surface area contributed by atoms with Crippen molar-refractivity contribution < 1.29 is 19.4 Å². The number of aliphatic carboxylic acids is 1. The zero-order chi connectivity index (χ0) is 18.3. The molecule has 26 heavy (non-hydrogen) atoms. The van der Waals surface area contributed by atoms with E-state index in [1.54, 1.807) is 0 Å². The highest BCUT2D eigenvalue weighted by Gasteiger charge is 2.37. The molecule has 0 spiro atoms. The number of amides is 1. The fourth-order valence-electron chi connectivity index (χ4n) is 4.15. The summed E-state index contributed by atoms with van der Waals surface area (Å²) in [4.78, 5) is 28.3. The van der Waals surface area contributed by atoms with Crippen LogP contribution in [0.5, 0.6) is 0 Å². The predicted octanol–water partition coefficient (Wildman–Crippen LogP) is 1.04. The zero-order valence-electron chi connectivity index (χ0n) is 14.8. The van der Waals surface area contributed by atoms with Crippen LogP contribution in [0.25, 0.3) is 10.9 Å². The summed E-state index contributed by atoms with van der Waals surface area (Å²) in [6.45, 7) is 2.78. The van der Waals surface area contributed by atoms with Gasteiger partial charge in [0, 0.05) is 55.3 Å². The smallest absolute Gasteiger partial charge is 0.317 e. The van der Waals surface area contributed by atoms with Gasteiger partial charge in [0.1, 0.15) is 0 Å². The van der Waals surface area contributed by atoms with E-state index in [2.05, 4.69) is 0 Å². The lowest BCUT2D eigenvalue weighted by Gasteiger charge is -2.30. The number of carboxylic acid groups (broad SMARTS) is 1. The molecule has 0 unspecified atom stereocenters. The lowest BCUT2D eigenvalue weighted by atomic mass is 10.1. The van der Waals surface area contributed by atoms with Crippen molar-refractivity contribution >= 4 is 22.8 Å². The van der Waals surface area contributed by atoms with Gasteiger partial charge in [0.2, 0.25) is 0 Å². The third kappa shape index (κ3) is 3.08. The number of carbonyl (C=O) groups excluding carboxylic acids is 1. The van der Waals surface area contributed by atoms with Gasteiger partial charge in [-0.3, -0.25) is 14.5 Å². The topological polar surface area (TPSA) is 75.0 Å². The first-order chi connectivity index (χ1) is 12.5. The summed E-state index contributed by atoms with van der Waals surface area (Å²) < 4.78 is 7.76. The molecular weight excluding hydrogens is 334 g/mol. The first-order valence-electron chi connectivity index (χ1n) is 8.90. The van der Waals surface area contributed by atoms with Crippen molar-refractivity contribution in [2.45, 2.75) is 6.04 Å². The minimum absolute atomic E-state index is 0.000486. The first kappa shape index (κ1) is 17.1. The van der Waals surface area contributed by atoms with Crippen LogP contribution in [0, 0.1) is 5.92 Å². The van der Waals surface area contributed by atoms with Gasteiger partial charge in [-0.05, 0) is 18.2 Å². The summed E-state index contributed by atoms with van der Waals surface area (Å²) in [5.74, 6) is -0.710. The van der Waals surface area contributed by atoms with Gasteiger partial charge in [-0.25, -0.2) is 0 Å². The number of benzene rings is 1. The van der Waals surface area contributed by atoms with Crippen molar-refractivity contribution in [3.8, 4) is 0 Å². The second-order valence-electron chi connectivity index (χ2n) is 7.27. The van der Waals surface area contributed by atoms with Gasteiger partial charge in [0.15, 0.2) is 0 Å². The highest BCUT2D eigenvalue weighted by molar-refractivity contribution is 6.06. The number of aromatic nitrogens is 1. The standard InChI is InChI=1S/C19H23N3O4/c1-20-6-5-15-16(3-2-4-17(15)20)19(25)22-8-13-7-21(10-18(23)24)9-14(22)12-26-11-13/h2-6,13-14H,7-12H2,1H3,(H,23,24)/t13-,14-/m0/s1. The maximum absolute atomic E-state index is 13.4. The molecule has 4 rings (SSSR count). The van der Waals surface area contributed by atoms with E-state index in [9.17, 15) is 9.59 Å². The normalized spacial score (nSPS) is 23.8. The second kappa shape index (κ2) is 6.74. The summed E-state index contributed by atoms with van der Waals surface area (Å²) in [7, 11) is 1.97. The molecule has 3 heterocycles. The monoisotopic (exact) mass is 357 g/mol. The average Bonchev–Trinajstić information content (AvgIpc) is 2.77. The molecule has 2 bridgehead atoms. The molecule has 0 saturated carbocycles. The van der Waals surface area contributed by atoms with Gasteiger partial charge in [-0.1, -0.05) is 6.07 Å². The number of carboxylic acids is 1. The first-order valence-corrected chi connectivity index (χ1v) is 8.90. The highest BCUT2D eigenvalue weighted by atomic mass is 16.5. The van der Waals surface area contributed by atoms with Crippen molar-refractivity contribution in [3.63, 3.8) is 0 Å². The number of fused-ring (bicyclic) bond motifs is 4. The highest BCUT2D eigenvalue weighted by Crippen LogP contribution is 2.25. The van der Waals surface area contributed by atoms with E-state index in [0.717, 1.165) is 10.9 Å². The van der Waals surface area contributed by atoms with E-state index in [-0.39, 0.29) is 24.4 Å². The number of carbonyl (C=O) groups is 2. The molecule has 1 aromatic carbocycles. The fourth-order valence-corrected chi connectivity index (χ4v) is 4.15. The lowest BCUT2D eigenvalue weighted by Crippen LogP contribution is -2.47. The van der Waals surface area contributed by atoms with Crippen LogP contribution in [0.1, 0.15) is 10.4 Å². The molecule has 0 radical (unpaired) electrons. The Labute approximate surface area is 151 Å². The quantitative estimate of drug-likeness (QED) is 0.888. The molecule has 138 valence electrons. The summed E-state index contributed by atoms with van der Waals surface area (Å²) >= 11 is 0. The van der Waals surface area contributed by atoms with Crippen molar-refractivity contribution in [2.75, 3.05) is 39.4 Å². The van der Waals surface area contributed by atoms with Crippen molar-refractivity contribution in [1.29, 1.82) is 0 Å². The van der Waals surface area contributed by atoms with E-state index in [4.69, 9.17) is 9.84 Å². The summed E-state index contributed by atoms with van der Waals surface area (Å²) in [5, 5.41) is 10.1. The van der Waals surface area contributed by atoms with Crippen LogP contribution in [0.3, 0.4) is 0 Å². The molecule has 0 aliphatic carbocycles. The van der Waals surface area contributed by atoms with Crippen molar-refractivity contribution in [2.24, 2.45) is 13.0 Å². The van der Waals surface area contributed by atoms with Gasteiger partial charge in [-0.2, -0.15) is 0 Å².